The molecule has 0 heterocycles. The van der Waals surface area contributed by atoms with E-state index in [1.165, 1.54) is 18.2 Å². The Kier molecular flexibility index (Phi) is 6.11. The van der Waals surface area contributed by atoms with Gasteiger partial charge in [-0.05, 0) is 31.4 Å². The maximum atomic E-state index is 11.9. The maximum absolute atomic E-state index is 11.9. The number of nitro benzene ring substituents is 1. The molecule has 0 radical (unpaired) electrons. The zero-order valence-corrected chi connectivity index (χ0v) is 12.3. The number of amides is 1. The summed E-state index contributed by atoms with van der Waals surface area (Å²) in [7, 11) is 0. The lowest BCUT2D eigenvalue weighted by molar-refractivity contribution is -0.384. The number of carbonyl (C=O) groups excluding carboxylic acids is 1. The molecule has 0 aliphatic heterocycles. The fourth-order valence-corrected chi connectivity index (χ4v) is 2.32. The lowest BCUT2D eigenvalue weighted by atomic mass is 10.1. The number of nitrogens with zero attached hydrogens (tertiary/aromatic N) is 1. The first kappa shape index (κ1) is 15.8. The Morgan fingerprint density at radius 1 is 1.58 bits per heavy atom. The summed E-state index contributed by atoms with van der Waals surface area (Å²) in [4.78, 5) is 22.0. The molecule has 7 heteroatoms. The van der Waals surface area contributed by atoms with E-state index >= 15 is 0 Å². The van der Waals surface area contributed by atoms with E-state index in [2.05, 4.69) is 5.32 Å². The number of non-ortho nitro benzene ring substituents is 1. The van der Waals surface area contributed by atoms with Crippen LogP contribution in [0.1, 0.15) is 23.7 Å². The lowest BCUT2D eigenvalue weighted by Gasteiger charge is -2.13. The van der Waals surface area contributed by atoms with Gasteiger partial charge in [-0.2, -0.15) is 11.8 Å². The first-order chi connectivity index (χ1) is 8.95. The molecule has 1 aromatic carbocycles. The summed E-state index contributed by atoms with van der Waals surface area (Å²) >= 11 is 7.60. The van der Waals surface area contributed by atoms with Crippen molar-refractivity contribution < 1.29 is 9.72 Å². The SMILES string of the molecule is CSCCC(C)NC(=O)c1ccc([N+](=O)[O-])cc1Cl. The summed E-state index contributed by atoms with van der Waals surface area (Å²) in [5.41, 5.74) is 0.125. The van der Waals surface area contributed by atoms with Crippen LogP contribution in [0.15, 0.2) is 18.2 Å². The molecule has 1 rings (SSSR count). The maximum Gasteiger partial charge on any atom is 0.270 e. The molecule has 1 N–H and O–H groups in total. The summed E-state index contributed by atoms with van der Waals surface area (Å²) in [5, 5.41) is 13.5. The second-order valence-electron chi connectivity index (χ2n) is 4.08. The second kappa shape index (κ2) is 7.35. The van der Waals surface area contributed by atoms with E-state index in [-0.39, 0.29) is 28.2 Å². The molecule has 5 nitrogen and oxygen atoms in total. The molecule has 0 aliphatic carbocycles. The van der Waals surface area contributed by atoms with Crippen molar-refractivity contribution in [1.29, 1.82) is 0 Å². The van der Waals surface area contributed by atoms with Crippen molar-refractivity contribution in [3.8, 4) is 0 Å². The molecule has 19 heavy (non-hydrogen) atoms. The van der Waals surface area contributed by atoms with Gasteiger partial charge < -0.3 is 5.32 Å². The molecule has 1 unspecified atom stereocenters. The minimum atomic E-state index is -0.547. The normalized spacial score (nSPS) is 11.9. The van der Waals surface area contributed by atoms with Gasteiger partial charge in [0.05, 0.1) is 15.5 Å². The van der Waals surface area contributed by atoms with E-state index in [1.807, 2.05) is 13.2 Å². The standard InChI is InChI=1S/C12H15ClN2O3S/c1-8(5-6-19-2)14-12(16)10-4-3-9(15(17)18)7-11(10)13/h3-4,7-8H,5-6H2,1-2H3,(H,14,16). The smallest absolute Gasteiger partial charge is 0.270 e. The molecule has 0 aromatic heterocycles. The highest BCUT2D eigenvalue weighted by Gasteiger charge is 2.16. The van der Waals surface area contributed by atoms with Crippen LogP contribution >= 0.6 is 23.4 Å². The van der Waals surface area contributed by atoms with Gasteiger partial charge in [-0.15, -0.1) is 0 Å². The van der Waals surface area contributed by atoms with Gasteiger partial charge >= 0.3 is 0 Å². The van der Waals surface area contributed by atoms with Gasteiger partial charge in [0.25, 0.3) is 11.6 Å². The van der Waals surface area contributed by atoms with Gasteiger partial charge in [-0.3, -0.25) is 14.9 Å². The fourth-order valence-electron chi connectivity index (χ4n) is 1.47. The van der Waals surface area contributed by atoms with Crippen LogP contribution in [0.2, 0.25) is 5.02 Å². The largest absolute Gasteiger partial charge is 0.350 e. The van der Waals surface area contributed by atoms with Gasteiger partial charge in [-0.1, -0.05) is 11.6 Å². The van der Waals surface area contributed by atoms with Crippen LogP contribution in [-0.4, -0.2) is 28.9 Å². The number of thioether (sulfide) groups is 1. The van der Waals surface area contributed by atoms with Crippen LogP contribution in [0.4, 0.5) is 5.69 Å². The number of hydrogen-bond donors (Lipinski definition) is 1. The Bertz CT molecular complexity index is 482. The van der Waals surface area contributed by atoms with Crippen molar-refractivity contribution in [3.05, 3.63) is 38.9 Å². The Morgan fingerprint density at radius 2 is 2.26 bits per heavy atom. The van der Waals surface area contributed by atoms with E-state index < -0.39 is 4.92 Å². The minimum absolute atomic E-state index is 0.0335. The molecule has 1 atom stereocenters. The molecule has 0 saturated carbocycles. The first-order valence-corrected chi connectivity index (χ1v) is 7.46. The summed E-state index contributed by atoms with van der Waals surface area (Å²) in [6, 6.07) is 3.86. The number of nitrogens with one attached hydrogen (secondary N) is 1. The zero-order chi connectivity index (χ0) is 14.4. The lowest BCUT2D eigenvalue weighted by Crippen LogP contribution is -2.33. The summed E-state index contributed by atoms with van der Waals surface area (Å²) < 4.78 is 0. The van der Waals surface area contributed by atoms with Crippen molar-refractivity contribution in [2.45, 2.75) is 19.4 Å². The molecular formula is C12H15ClN2O3S. The highest BCUT2D eigenvalue weighted by Crippen LogP contribution is 2.22. The monoisotopic (exact) mass is 302 g/mol. The second-order valence-corrected chi connectivity index (χ2v) is 5.47. The molecule has 0 aliphatic rings. The zero-order valence-electron chi connectivity index (χ0n) is 10.7. The summed E-state index contributed by atoms with van der Waals surface area (Å²) in [6.45, 7) is 1.91. The summed E-state index contributed by atoms with van der Waals surface area (Å²) in [5.74, 6) is 0.642. The van der Waals surface area contributed by atoms with Gasteiger partial charge in [0.1, 0.15) is 0 Å². The van der Waals surface area contributed by atoms with Gasteiger partial charge in [0.2, 0.25) is 0 Å². The van der Waals surface area contributed by atoms with Gasteiger partial charge in [-0.25, -0.2) is 0 Å². The number of hydrogen-bond acceptors (Lipinski definition) is 4. The molecular weight excluding hydrogens is 288 g/mol. The van der Waals surface area contributed by atoms with Crippen LogP contribution in [0.5, 0.6) is 0 Å². The molecule has 0 bridgehead atoms. The van der Waals surface area contributed by atoms with Gasteiger partial charge in [0, 0.05) is 18.2 Å². The number of nitro groups is 1. The number of rotatable bonds is 6. The van der Waals surface area contributed by atoms with Crippen molar-refractivity contribution >= 4 is 35.0 Å². The van der Waals surface area contributed by atoms with Crippen LogP contribution in [0.25, 0.3) is 0 Å². The molecule has 0 spiro atoms. The highest BCUT2D eigenvalue weighted by atomic mass is 35.5. The summed E-state index contributed by atoms with van der Waals surface area (Å²) in [6.07, 6.45) is 2.86. The quantitative estimate of drug-likeness (QED) is 0.647. The van der Waals surface area contributed by atoms with E-state index in [0.29, 0.717) is 0 Å². The van der Waals surface area contributed by atoms with Crippen LogP contribution in [-0.2, 0) is 0 Å². The van der Waals surface area contributed by atoms with E-state index in [4.69, 9.17) is 11.6 Å². The fraction of sp³-hybridized carbons (Fsp3) is 0.417. The Balaban J connectivity index is 2.74. The molecule has 104 valence electrons. The molecule has 0 fully saturated rings. The number of carbonyl (C=O) groups is 1. The Hall–Kier alpha value is -1.27. The number of benzene rings is 1. The predicted molar refractivity (Wildman–Crippen MR) is 78.0 cm³/mol. The predicted octanol–water partition coefficient (Wildman–Crippen LogP) is 3.12. The number of halogens is 1. The van der Waals surface area contributed by atoms with Crippen molar-refractivity contribution in [2.75, 3.05) is 12.0 Å². The molecule has 1 amide bonds. The third-order valence-corrected chi connectivity index (χ3v) is 3.50. The highest BCUT2D eigenvalue weighted by molar-refractivity contribution is 7.98. The third-order valence-electron chi connectivity index (χ3n) is 2.54. The minimum Gasteiger partial charge on any atom is -0.350 e. The van der Waals surface area contributed by atoms with Crippen LogP contribution in [0.3, 0.4) is 0 Å². The van der Waals surface area contributed by atoms with E-state index in [9.17, 15) is 14.9 Å². The topological polar surface area (TPSA) is 72.2 Å². The van der Waals surface area contributed by atoms with Gasteiger partial charge in [0.15, 0.2) is 0 Å². The van der Waals surface area contributed by atoms with Crippen LogP contribution in [0, 0.1) is 10.1 Å². The van der Waals surface area contributed by atoms with E-state index in [0.717, 1.165) is 12.2 Å². The average Bonchev–Trinajstić information content (AvgIpc) is 2.35. The van der Waals surface area contributed by atoms with Crippen molar-refractivity contribution in [3.63, 3.8) is 0 Å². The third kappa shape index (κ3) is 4.72. The van der Waals surface area contributed by atoms with E-state index in [1.54, 1.807) is 11.8 Å². The van der Waals surface area contributed by atoms with Crippen molar-refractivity contribution in [2.24, 2.45) is 0 Å². The molecule has 1 aromatic rings. The van der Waals surface area contributed by atoms with Crippen LogP contribution < -0.4 is 5.32 Å². The Labute approximate surface area is 120 Å². The van der Waals surface area contributed by atoms with Crippen molar-refractivity contribution in [1.82, 2.24) is 5.32 Å². The Morgan fingerprint density at radius 3 is 2.79 bits per heavy atom. The first-order valence-electron chi connectivity index (χ1n) is 5.69. The molecule has 0 saturated heterocycles. The average molecular weight is 303 g/mol.